The summed E-state index contributed by atoms with van der Waals surface area (Å²) in [4.78, 5) is 16.3. The van der Waals surface area contributed by atoms with Gasteiger partial charge in [0.1, 0.15) is 5.02 Å². The summed E-state index contributed by atoms with van der Waals surface area (Å²) in [5.41, 5.74) is -0.897. The number of fused-ring (bicyclic) bond motifs is 1. The van der Waals surface area contributed by atoms with Crippen molar-refractivity contribution in [3.63, 3.8) is 0 Å². The molecule has 0 saturated heterocycles. The highest BCUT2D eigenvalue weighted by Crippen LogP contribution is 2.37. The molecule has 0 radical (unpaired) electrons. The van der Waals surface area contributed by atoms with Gasteiger partial charge in [-0.1, -0.05) is 23.4 Å². The van der Waals surface area contributed by atoms with E-state index in [1.807, 2.05) is 10.6 Å². The molecular formula is C16H11ClF3N5OS. The maximum absolute atomic E-state index is 13.1. The van der Waals surface area contributed by atoms with Crippen molar-refractivity contribution in [1.82, 2.24) is 24.3 Å². The van der Waals surface area contributed by atoms with Gasteiger partial charge in [0.15, 0.2) is 11.0 Å². The predicted molar refractivity (Wildman–Crippen MR) is 93.7 cm³/mol. The maximum atomic E-state index is 13.1. The Bertz CT molecular complexity index is 1050. The second-order valence-corrected chi connectivity index (χ2v) is 7.31. The molecule has 6 nitrogen and oxygen atoms in total. The molecule has 0 aromatic carbocycles. The van der Waals surface area contributed by atoms with E-state index >= 15 is 0 Å². The number of alkyl halides is 3. The van der Waals surface area contributed by atoms with Gasteiger partial charge in [0.25, 0.3) is 5.56 Å². The molecule has 1 aliphatic rings. The van der Waals surface area contributed by atoms with Gasteiger partial charge in [-0.2, -0.15) is 13.2 Å². The van der Waals surface area contributed by atoms with Crippen molar-refractivity contribution >= 4 is 23.4 Å². The summed E-state index contributed by atoms with van der Waals surface area (Å²) in [5, 5.41) is 8.45. The molecule has 0 bridgehead atoms. The summed E-state index contributed by atoms with van der Waals surface area (Å²) < 4.78 is 42.0. The lowest BCUT2D eigenvalue weighted by atomic mass is 10.2. The van der Waals surface area contributed by atoms with Crippen molar-refractivity contribution in [2.45, 2.75) is 23.9 Å². The van der Waals surface area contributed by atoms with Crippen LogP contribution in [0, 0.1) is 0 Å². The zero-order valence-corrected chi connectivity index (χ0v) is 15.1. The fraction of sp³-hybridized carbons (Fsp3) is 0.250. The number of aromatic nitrogens is 5. The number of hydrogen-bond acceptors (Lipinski definition) is 5. The smallest absolute Gasteiger partial charge is 0.312 e. The lowest BCUT2D eigenvalue weighted by molar-refractivity contribution is -0.138. The van der Waals surface area contributed by atoms with E-state index < -0.39 is 22.3 Å². The molecular weight excluding hydrogens is 403 g/mol. The fourth-order valence-corrected chi connectivity index (χ4v) is 4.19. The van der Waals surface area contributed by atoms with E-state index in [2.05, 4.69) is 15.2 Å². The Morgan fingerprint density at radius 2 is 2.15 bits per heavy atom. The largest absolute Gasteiger partial charge is 0.417 e. The topological polar surface area (TPSA) is 65.6 Å². The van der Waals surface area contributed by atoms with Crippen molar-refractivity contribution in [1.29, 1.82) is 0 Å². The zero-order chi connectivity index (χ0) is 19.2. The minimum atomic E-state index is -4.59. The number of nitrogens with zero attached hydrogens (tertiary/aromatic N) is 5. The first-order valence-corrected chi connectivity index (χ1v) is 9.16. The molecule has 0 spiro atoms. The van der Waals surface area contributed by atoms with Crippen LogP contribution < -0.4 is 5.56 Å². The van der Waals surface area contributed by atoms with Crippen molar-refractivity contribution in [2.75, 3.05) is 5.75 Å². The van der Waals surface area contributed by atoms with E-state index in [0.29, 0.717) is 22.8 Å². The van der Waals surface area contributed by atoms with E-state index in [1.54, 1.807) is 18.5 Å². The lowest BCUT2D eigenvalue weighted by Gasteiger charge is -2.17. The highest BCUT2D eigenvalue weighted by Gasteiger charge is 2.33. The van der Waals surface area contributed by atoms with E-state index in [0.717, 1.165) is 16.3 Å². The second-order valence-electron chi connectivity index (χ2n) is 5.91. The summed E-state index contributed by atoms with van der Waals surface area (Å²) in [6.45, 7) is 0.0216. The minimum absolute atomic E-state index is 0.0216. The molecule has 140 valence electrons. The predicted octanol–water partition coefficient (Wildman–Crippen LogP) is 3.52. The van der Waals surface area contributed by atoms with Crippen LogP contribution in [0.4, 0.5) is 13.2 Å². The molecule has 1 atom stereocenters. The van der Waals surface area contributed by atoms with Crippen LogP contribution in [0.15, 0.2) is 46.7 Å². The molecule has 0 amide bonds. The van der Waals surface area contributed by atoms with Crippen LogP contribution in [0.2, 0.25) is 5.02 Å². The summed E-state index contributed by atoms with van der Waals surface area (Å²) in [5.74, 6) is 1.11. The molecule has 4 rings (SSSR count). The Kier molecular flexibility index (Phi) is 4.47. The molecule has 3 aromatic heterocycles. The Morgan fingerprint density at radius 1 is 1.33 bits per heavy atom. The number of rotatable bonds is 3. The van der Waals surface area contributed by atoms with E-state index in [1.165, 1.54) is 11.8 Å². The molecule has 0 N–H and O–H groups in total. The van der Waals surface area contributed by atoms with Crippen LogP contribution in [0.25, 0.3) is 11.4 Å². The van der Waals surface area contributed by atoms with Gasteiger partial charge in [0.2, 0.25) is 0 Å². The summed E-state index contributed by atoms with van der Waals surface area (Å²) in [6, 6.07) is 3.92. The molecule has 1 unspecified atom stereocenters. The van der Waals surface area contributed by atoms with Crippen LogP contribution in [0.3, 0.4) is 0 Å². The van der Waals surface area contributed by atoms with Gasteiger partial charge >= 0.3 is 6.18 Å². The molecule has 11 heteroatoms. The molecule has 27 heavy (non-hydrogen) atoms. The van der Waals surface area contributed by atoms with E-state index in [-0.39, 0.29) is 12.6 Å². The van der Waals surface area contributed by atoms with Crippen LogP contribution in [-0.4, -0.2) is 30.1 Å². The third-order valence-corrected chi connectivity index (χ3v) is 5.49. The Labute approximate surface area is 160 Å². The number of hydrogen-bond donors (Lipinski definition) is 0. The molecule has 3 aromatic rings. The maximum Gasteiger partial charge on any atom is 0.417 e. The third kappa shape index (κ3) is 3.34. The van der Waals surface area contributed by atoms with Gasteiger partial charge in [-0.15, -0.1) is 10.2 Å². The summed E-state index contributed by atoms with van der Waals surface area (Å²) in [6.07, 6.45) is -0.539. The van der Waals surface area contributed by atoms with Gasteiger partial charge in [-0.05, 0) is 18.2 Å². The highest BCUT2D eigenvalue weighted by atomic mass is 35.5. The number of halogens is 4. The van der Waals surface area contributed by atoms with Gasteiger partial charge in [-0.3, -0.25) is 14.3 Å². The third-order valence-electron chi connectivity index (χ3n) is 4.13. The summed E-state index contributed by atoms with van der Waals surface area (Å²) >= 11 is 7.17. The van der Waals surface area contributed by atoms with Gasteiger partial charge in [-0.25, -0.2) is 0 Å². The van der Waals surface area contributed by atoms with Crippen LogP contribution in [-0.2, 0) is 12.7 Å². The Balaban J connectivity index is 1.73. The Morgan fingerprint density at radius 3 is 2.85 bits per heavy atom. The van der Waals surface area contributed by atoms with Crippen LogP contribution in [0.5, 0.6) is 0 Å². The molecule has 0 saturated carbocycles. The van der Waals surface area contributed by atoms with Crippen LogP contribution >= 0.6 is 23.4 Å². The molecule has 0 fully saturated rings. The van der Waals surface area contributed by atoms with Crippen molar-refractivity contribution < 1.29 is 13.2 Å². The van der Waals surface area contributed by atoms with Crippen molar-refractivity contribution in [3.8, 4) is 11.4 Å². The monoisotopic (exact) mass is 413 g/mol. The average Bonchev–Trinajstić information content (AvgIpc) is 3.21. The fourth-order valence-electron chi connectivity index (χ4n) is 2.89. The quantitative estimate of drug-likeness (QED) is 0.657. The van der Waals surface area contributed by atoms with E-state index in [9.17, 15) is 18.0 Å². The minimum Gasteiger partial charge on any atom is -0.312 e. The number of pyridine rings is 2. The Hall–Kier alpha value is -2.33. The number of thioether (sulfide) groups is 1. The van der Waals surface area contributed by atoms with Crippen LogP contribution in [0.1, 0.15) is 11.6 Å². The first-order valence-electron chi connectivity index (χ1n) is 7.80. The van der Waals surface area contributed by atoms with Gasteiger partial charge in [0, 0.05) is 36.5 Å². The van der Waals surface area contributed by atoms with Crippen molar-refractivity contribution in [3.05, 3.63) is 57.7 Å². The molecule has 1 aliphatic heterocycles. The molecule has 0 aliphatic carbocycles. The SMILES string of the molecule is O=c1c(Cl)cc(C(F)(F)F)cn1CC1CSc2nnc(-c3cccnc3)n21. The first kappa shape index (κ1) is 18.1. The standard InChI is InChI=1S/C16H11ClF3N5OS/c17-12-4-10(16(18,19)20)6-24(14(12)26)7-11-8-27-15-23-22-13(25(11)15)9-2-1-3-21-5-9/h1-6,11H,7-8H2. The molecule has 4 heterocycles. The first-order chi connectivity index (χ1) is 12.8. The average molecular weight is 414 g/mol. The van der Waals surface area contributed by atoms with Gasteiger partial charge in [0.05, 0.1) is 11.6 Å². The zero-order valence-electron chi connectivity index (χ0n) is 13.5. The lowest BCUT2D eigenvalue weighted by Crippen LogP contribution is -2.27. The summed E-state index contributed by atoms with van der Waals surface area (Å²) in [7, 11) is 0. The second kappa shape index (κ2) is 6.68. The van der Waals surface area contributed by atoms with E-state index in [4.69, 9.17) is 11.6 Å². The normalized spacial score (nSPS) is 16.5. The van der Waals surface area contributed by atoms with Gasteiger partial charge < -0.3 is 4.57 Å². The highest BCUT2D eigenvalue weighted by molar-refractivity contribution is 7.99. The van der Waals surface area contributed by atoms with Crippen molar-refractivity contribution in [2.24, 2.45) is 0 Å².